The molecular formula is C32H49N11O8. The lowest BCUT2D eigenvalue weighted by atomic mass is 10.1. The molecule has 0 fully saturated rings. The predicted octanol–water partition coefficient (Wildman–Crippen LogP) is -0.724. The lowest BCUT2D eigenvalue weighted by Gasteiger charge is -2.26. The molecule has 5 amide bonds. The minimum absolute atomic E-state index is 0.00866. The van der Waals surface area contributed by atoms with Gasteiger partial charge in [0.15, 0.2) is 11.9 Å². The van der Waals surface area contributed by atoms with Crippen LogP contribution < -0.4 is 55.6 Å². The number of ether oxygens (including phenoxy) is 1. The van der Waals surface area contributed by atoms with Gasteiger partial charge in [0.25, 0.3) is 0 Å². The van der Waals surface area contributed by atoms with Crippen LogP contribution in [0.25, 0.3) is 11.0 Å². The average molecular weight is 716 g/mol. The molecule has 51 heavy (non-hydrogen) atoms. The summed E-state index contributed by atoms with van der Waals surface area (Å²) in [6, 6.07) is 2.40. The number of amides is 5. The van der Waals surface area contributed by atoms with Crippen molar-refractivity contribution in [2.24, 2.45) is 38.7 Å². The highest BCUT2D eigenvalue weighted by Gasteiger charge is 2.31. The summed E-state index contributed by atoms with van der Waals surface area (Å²) >= 11 is 0. The van der Waals surface area contributed by atoms with E-state index in [1.165, 1.54) is 12.1 Å². The molecule has 2 rings (SSSR count). The molecule has 19 heteroatoms. The zero-order chi connectivity index (χ0) is 38.3. The third-order valence-electron chi connectivity index (χ3n) is 7.06. The highest BCUT2D eigenvalue weighted by molar-refractivity contribution is 6.00. The standard InChI is InChI=1S/C32H49N11O8/c1-17-15-25(45)50-23-16-18(9-10-19(17)23)40-26(46)20(7-5-13-38-29(34)35)41-27(47)21(8-6-14-39-30(36)37)42-28(48)22(11-12-24(33)44)43-31(49)51-32(2,3)4/h9-10,15-16,20-22H,5-8,11-14H2,1-4H3,(H2,33,44)(H,40,46)(H,41,47)(H,42,48)(H,43,49)(H4,34,35,38)(H4,36,37,39)/t20-,21-,22-/m0/s1. The van der Waals surface area contributed by atoms with Crippen molar-refractivity contribution in [3.63, 3.8) is 0 Å². The summed E-state index contributed by atoms with van der Waals surface area (Å²) in [5.74, 6) is -3.23. The summed E-state index contributed by atoms with van der Waals surface area (Å²) in [6.07, 6.45) is -0.791. The SMILES string of the molecule is Cc1cc(=O)oc2cc(NC(=O)[C@H](CCCN=C(N)N)NC(=O)[C@H](CCCN=C(N)N)NC(=O)[C@H](CCC(N)=O)NC(=O)OC(C)(C)C)ccc12. The van der Waals surface area contributed by atoms with Gasteiger partial charge in [-0.1, -0.05) is 0 Å². The van der Waals surface area contributed by atoms with Crippen molar-refractivity contribution in [2.75, 3.05) is 18.4 Å². The zero-order valence-electron chi connectivity index (χ0n) is 29.2. The number of hydrogen-bond acceptors (Lipinski definition) is 10. The topological polar surface area (TPSA) is 328 Å². The van der Waals surface area contributed by atoms with Crippen molar-refractivity contribution in [1.82, 2.24) is 16.0 Å². The third kappa shape index (κ3) is 15.5. The number of primary amides is 1. The number of benzene rings is 1. The maximum atomic E-state index is 13.8. The molecule has 0 saturated heterocycles. The van der Waals surface area contributed by atoms with Crippen LogP contribution in [0.5, 0.6) is 0 Å². The normalized spacial score (nSPS) is 12.8. The number of anilines is 1. The summed E-state index contributed by atoms with van der Waals surface area (Å²) in [5, 5.41) is 11.1. The van der Waals surface area contributed by atoms with Crippen LogP contribution in [0.3, 0.4) is 0 Å². The van der Waals surface area contributed by atoms with E-state index in [-0.39, 0.29) is 74.8 Å². The van der Waals surface area contributed by atoms with Crippen molar-refractivity contribution in [3.8, 4) is 0 Å². The third-order valence-corrected chi connectivity index (χ3v) is 7.06. The molecule has 2 aromatic rings. The number of aryl methyl sites for hydroxylation is 1. The molecule has 0 radical (unpaired) electrons. The molecule has 0 aliphatic heterocycles. The average Bonchev–Trinajstić information content (AvgIpc) is 3.00. The van der Waals surface area contributed by atoms with Crippen molar-refractivity contribution in [2.45, 2.75) is 89.9 Å². The van der Waals surface area contributed by atoms with E-state index in [0.29, 0.717) is 10.9 Å². The maximum absolute atomic E-state index is 13.8. The molecule has 1 aromatic carbocycles. The van der Waals surface area contributed by atoms with Gasteiger partial charge in [-0.05, 0) is 77.5 Å². The molecule has 1 aromatic heterocycles. The Morgan fingerprint density at radius 3 is 1.82 bits per heavy atom. The van der Waals surface area contributed by atoms with Crippen molar-refractivity contribution < 1.29 is 33.1 Å². The van der Waals surface area contributed by atoms with Gasteiger partial charge in [0.2, 0.25) is 23.6 Å². The molecule has 1 heterocycles. The van der Waals surface area contributed by atoms with Crippen molar-refractivity contribution in [1.29, 1.82) is 0 Å². The lowest BCUT2D eigenvalue weighted by molar-refractivity contribution is -0.132. The Bertz CT molecular complexity index is 1680. The number of aliphatic imine (C=N–C) groups is 2. The number of carbonyl (C=O) groups excluding carboxylic acids is 5. The molecular weight excluding hydrogens is 666 g/mol. The van der Waals surface area contributed by atoms with Crippen LogP contribution in [0.4, 0.5) is 10.5 Å². The zero-order valence-corrected chi connectivity index (χ0v) is 29.2. The minimum Gasteiger partial charge on any atom is -0.444 e. The van der Waals surface area contributed by atoms with Gasteiger partial charge in [-0.2, -0.15) is 0 Å². The molecule has 0 spiro atoms. The van der Waals surface area contributed by atoms with Gasteiger partial charge in [-0.3, -0.25) is 29.2 Å². The number of hydrogen-bond donors (Lipinski definition) is 9. The fraction of sp³-hybridized carbons (Fsp3) is 0.500. The van der Waals surface area contributed by atoms with E-state index in [0.717, 1.165) is 0 Å². The monoisotopic (exact) mass is 715 g/mol. The molecule has 19 nitrogen and oxygen atoms in total. The maximum Gasteiger partial charge on any atom is 0.408 e. The number of nitrogens with one attached hydrogen (secondary N) is 4. The van der Waals surface area contributed by atoms with Crippen LogP contribution >= 0.6 is 0 Å². The van der Waals surface area contributed by atoms with Crippen molar-refractivity contribution in [3.05, 3.63) is 40.2 Å². The fourth-order valence-electron chi connectivity index (χ4n) is 4.73. The van der Waals surface area contributed by atoms with Crippen molar-refractivity contribution >= 4 is 58.3 Å². The number of fused-ring (bicyclic) bond motifs is 1. The molecule has 0 aliphatic carbocycles. The minimum atomic E-state index is -1.31. The molecule has 0 bridgehead atoms. The van der Waals surface area contributed by atoms with E-state index in [1.807, 2.05) is 0 Å². The smallest absolute Gasteiger partial charge is 0.408 e. The Morgan fingerprint density at radius 1 is 0.784 bits per heavy atom. The highest BCUT2D eigenvalue weighted by Crippen LogP contribution is 2.21. The second-order valence-corrected chi connectivity index (χ2v) is 12.7. The number of nitrogens with two attached hydrogens (primary N) is 5. The van der Waals surface area contributed by atoms with E-state index in [1.54, 1.807) is 39.8 Å². The number of nitrogens with zero attached hydrogens (tertiary/aromatic N) is 2. The molecule has 0 saturated carbocycles. The molecule has 0 unspecified atom stereocenters. The summed E-state index contributed by atoms with van der Waals surface area (Å²) in [7, 11) is 0. The summed E-state index contributed by atoms with van der Waals surface area (Å²) < 4.78 is 10.5. The number of rotatable bonds is 18. The summed E-state index contributed by atoms with van der Waals surface area (Å²) in [6.45, 7) is 6.90. The van der Waals surface area contributed by atoms with Crippen LogP contribution in [0.2, 0.25) is 0 Å². The van der Waals surface area contributed by atoms with Gasteiger partial charge in [0.1, 0.15) is 29.3 Å². The molecule has 0 aliphatic rings. The van der Waals surface area contributed by atoms with E-state index in [4.69, 9.17) is 37.8 Å². The summed E-state index contributed by atoms with van der Waals surface area (Å²) in [4.78, 5) is 84.6. The Kier molecular flexibility index (Phi) is 15.7. The lowest BCUT2D eigenvalue weighted by Crippen LogP contribution is -2.56. The van der Waals surface area contributed by atoms with Crippen LogP contribution in [-0.2, 0) is 23.9 Å². The van der Waals surface area contributed by atoms with Crippen LogP contribution in [-0.4, -0.2) is 78.5 Å². The van der Waals surface area contributed by atoms with Crippen LogP contribution in [0.1, 0.15) is 64.9 Å². The second-order valence-electron chi connectivity index (χ2n) is 12.7. The Hall–Kier alpha value is -5.88. The van der Waals surface area contributed by atoms with Gasteiger partial charge in [0.05, 0.1) is 0 Å². The Morgan fingerprint density at radius 2 is 1.31 bits per heavy atom. The van der Waals surface area contributed by atoms with E-state index >= 15 is 0 Å². The van der Waals surface area contributed by atoms with E-state index in [2.05, 4.69) is 31.3 Å². The highest BCUT2D eigenvalue weighted by atomic mass is 16.6. The molecule has 3 atom stereocenters. The first kappa shape index (κ1) is 41.3. The fourth-order valence-corrected chi connectivity index (χ4v) is 4.73. The van der Waals surface area contributed by atoms with E-state index < -0.39 is 59.1 Å². The van der Waals surface area contributed by atoms with E-state index in [9.17, 15) is 28.8 Å². The predicted molar refractivity (Wildman–Crippen MR) is 191 cm³/mol. The van der Waals surface area contributed by atoms with Gasteiger partial charge >= 0.3 is 11.7 Å². The quantitative estimate of drug-likeness (QED) is 0.0399. The first-order chi connectivity index (χ1) is 23.8. The number of alkyl carbamates (subject to hydrolysis) is 1. The number of carbonyl (C=O) groups is 5. The molecule has 14 N–H and O–H groups in total. The van der Waals surface area contributed by atoms with Gasteiger partial charge in [-0.25, -0.2) is 9.59 Å². The first-order valence-electron chi connectivity index (χ1n) is 16.2. The van der Waals surface area contributed by atoms with Crippen LogP contribution in [0, 0.1) is 6.92 Å². The van der Waals surface area contributed by atoms with Gasteiger partial charge < -0.3 is 59.1 Å². The van der Waals surface area contributed by atoms with Gasteiger partial charge in [0, 0.05) is 42.7 Å². The molecule has 280 valence electrons. The Labute approximate surface area is 294 Å². The Balaban J connectivity index is 2.35. The second kappa shape index (κ2) is 19.3. The van der Waals surface area contributed by atoms with Crippen LogP contribution in [0.15, 0.2) is 43.5 Å². The summed E-state index contributed by atoms with van der Waals surface area (Å²) in [5.41, 5.74) is 26.8. The van der Waals surface area contributed by atoms with Gasteiger partial charge in [-0.15, -0.1) is 0 Å². The number of guanidine groups is 2. The largest absolute Gasteiger partial charge is 0.444 e. The first-order valence-corrected chi connectivity index (χ1v) is 16.2.